The lowest BCUT2D eigenvalue weighted by Crippen LogP contribution is -2.37. The van der Waals surface area contributed by atoms with Gasteiger partial charge in [-0.15, -0.1) is 11.8 Å². The lowest BCUT2D eigenvalue weighted by Gasteiger charge is -2.35. The maximum absolute atomic E-state index is 5.58. The highest BCUT2D eigenvalue weighted by Crippen LogP contribution is 2.38. The maximum Gasteiger partial charge on any atom is 0.0507 e. The first-order chi connectivity index (χ1) is 7.72. The first-order valence-corrected chi connectivity index (χ1v) is 6.87. The molecule has 0 fully saturated rings. The maximum atomic E-state index is 5.58. The number of aryl methyl sites for hydroxylation is 1. The third-order valence-corrected chi connectivity index (χ3v) is 4.42. The van der Waals surface area contributed by atoms with Crippen molar-refractivity contribution in [3.63, 3.8) is 0 Å². The normalized spacial score (nSPS) is 19.7. The number of thioether (sulfide) groups is 1. The molecule has 2 rings (SSSR count). The van der Waals surface area contributed by atoms with E-state index >= 15 is 0 Å². The molecule has 0 saturated carbocycles. The van der Waals surface area contributed by atoms with Crippen molar-refractivity contribution in [2.24, 2.45) is 5.73 Å². The standard InChI is InChI=1S/C13H20N2S/c1-10-5-6-13-12(8-10)15(2)11(9-16-13)4-3-7-14/h5-6,8,11H,3-4,7,9,14H2,1-2H3. The van der Waals surface area contributed by atoms with Gasteiger partial charge in [-0.2, -0.15) is 0 Å². The lowest BCUT2D eigenvalue weighted by molar-refractivity contribution is 0.599. The van der Waals surface area contributed by atoms with E-state index < -0.39 is 0 Å². The summed E-state index contributed by atoms with van der Waals surface area (Å²) in [6.07, 6.45) is 2.32. The predicted molar refractivity (Wildman–Crippen MR) is 72.4 cm³/mol. The first kappa shape index (κ1) is 11.8. The molecule has 1 atom stereocenters. The van der Waals surface area contributed by atoms with Gasteiger partial charge in [0.1, 0.15) is 0 Å². The number of fused-ring (bicyclic) bond motifs is 1. The minimum Gasteiger partial charge on any atom is -0.370 e. The van der Waals surface area contributed by atoms with Crippen LogP contribution in [-0.4, -0.2) is 25.4 Å². The number of nitrogens with zero attached hydrogens (tertiary/aromatic N) is 1. The first-order valence-electron chi connectivity index (χ1n) is 5.88. The summed E-state index contributed by atoms with van der Waals surface area (Å²) in [4.78, 5) is 3.84. The average molecular weight is 236 g/mol. The molecule has 88 valence electrons. The number of rotatable bonds is 3. The summed E-state index contributed by atoms with van der Waals surface area (Å²) in [5, 5.41) is 0. The van der Waals surface area contributed by atoms with E-state index in [0.29, 0.717) is 6.04 Å². The molecule has 2 N–H and O–H groups in total. The SMILES string of the molecule is Cc1ccc2c(c1)N(C)C(CCCN)CS2. The molecule has 3 heteroatoms. The van der Waals surface area contributed by atoms with E-state index in [-0.39, 0.29) is 0 Å². The zero-order valence-corrected chi connectivity index (χ0v) is 10.9. The van der Waals surface area contributed by atoms with E-state index in [9.17, 15) is 0 Å². The third kappa shape index (κ3) is 2.36. The summed E-state index contributed by atoms with van der Waals surface area (Å²) in [7, 11) is 2.21. The van der Waals surface area contributed by atoms with Crippen molar-refractivity contribution in [3.8, 4) is 0 Å². The fourth-order valence-electron chi connectivity index (χ4n) is 2.15. The monoisotopic (exact) mass is 236 g/mol. The van der Waals surface area contributed by atoms with Gasteiger partial charge in [-0.3, -0.25) is 0 Å². The molecule has 0 saturated heterocycles. The van der Waals surface area contributed by atoms with Crippen LogP contribution in [0.1, 0.15) is 18.4 Å². The van der Waals surface area contributed by atoms with Crippen LogP contribution in [0.25, 0.3) is 0 Å². The van der Waals surface area contributed by atoms with E-state index in [1.54, 1.807) is 0 Å². The summed E-state index contributed by atoms with van der Waals surface area (Å²) >= 11 is 1.98. The summed E-state index contributed by atoms with van der Waals surface area (Å²) in [5.41, 5.74) is 8.31. The second kappa shape index (κ2) is 5.11. The molecule has 0 bridgehead atoms. The van der Waals surface area contributed by atoms with Gasteiger partial charge in [-0.05, 0) is 44.0 Å². The molecule has 0 aliphatic carbocycles. The number of benzene rings is 1. The van der Waals surface area contributed by atoms with E-state index in [2.05, 4.69) is 37.1 Å². The van der Waals surface area contributed by atoms with Gasteiger partial charge in [-0.1, -0.05) is 6.07 Å². The Hall–Kier alpha value is -0.670. The zero-order chi connectivity index (χ0) is 11.5. The van der Waals surface area contributed by atoms with E-state index in [1.807, 2.05) is 11.8 Å². The molecule has 1 unspecified atom stereocenters. The summed E-state index contributed by atoms with van der Waals surface area (Å²) in [6, 6.07) is 7.37. The molecule has 0 amide bonds. The van der Waals surface area contributed by atoms with Crippen LogP contribution >= 0.6 is 11.8 Å². The highest BCUT2D eigenvalue weighted by molar-refractivity contribution is 7.99. The van der Waals surface area contributed by atoms with Crippen LogP contribution in [0.3, 0.4) is 0 Å². The summed E-state index contributed by atoms with van der Waals surface area (Å²) in [5.74, 6) is 1.19. The van der Waals surface area contributed by atoms with Crippen molar-refractivity contribution in [2.75, 3.05) is 24.2 Å². The molecule has 1 heterocycles. The minimum absolute atomic E-state index is 0.642. The van der Waals surface area contributed by atoms with Crippen molar-refractivity contribution < 1.29 is 0 Å². The van der Waals surface area contributed by atoms with E-state index in [4.69, 9.17) is 5.73 Å². The molecular formula is C13H20N2S. The van der Waals surface area contributed by atoms with Crippen molar-refractivity contribution in [1.29, 1.82) is 0 Å². The second-order valence-corrected chi connectivity index (χ2v) is 5.54. The zero-order valence-electron chi connectivity index (χ0n) is 10.1. The Balaban J connectivity index is 2.17. The third-order valence-electron chi connectivity index (χ3n) is 3.21. The van der Waals surface area contributed by atoms with Crippen molar-refractivity contribution >= 4 is 17.4 Å². The van der Waals surface area contributed by atoms with Gasteiger partial charge < -0.3 is 10.6 Å². The quantitative estimate of drug-likeness (QED) is 0.875. The Morgan fingerprint density at radius 3 is 3.06 bits per heavy atom. The van der Waals surface area contributed by atoms with Crippen molar-refractivity contribution in [1.82, 2.24) is 0 Å². The molecule has 0 aromatic heterocycles. The Morgan fingerprint density at radius 2 is 2.31 bits per heavy atom. The molecule has 16 heavy (non-hydrogen) atoms. The Labute approximate surface area is 102 Å². The Kier molecular flexibility index (Phi) is 3.77. The van der Waals surface area contributed by atoms with Gasteiger partial charge in [0.05, 0.1) is 5.69 Å². The molecule has 2 nitrogen and oxygen atoms in total. The van der Waals surface area contributed by atoms with Gasteiger partial charge in [0, 0.05) is 23.7 Å². The Bertz CT molecular complexity index is 365. The van der Waals surface area contributed by atoms with Crippen LogP contribution in [0.5, 0.6) is 0 Å². The molecule has 1 aliphatic heterocycles. The number of hydrogen-bond acceptors (Lipinski definition) is 3. The van der Waals surface area contributed by atoms with Crippen LogP contribution in [0.4, 0.5) is 5.69 Å². The fourth-order valence-corrected chi connectivity index (χ4v) is 3.43. The van der Waals surface area contributed by atoms with Crippen LogP contribution < -0.4 is 10.6 Å². The van der Waals surface area contributed by atoms with Crippen molar-refractivity contribution in [3.05, 3.63) is 23.8 Å². The van der Waals surface area contributed by atoms with Crippen LogP contribution in [-0.2, 0) is 0 Å². The fraction of sp³-hybridized carbons (Fsp3) is 0.538. The number of anilines is 1. The molecule has 0 spiro atoms. The van der Waals surface area contributed by atoms with E-state index in [0.717, 1.165) is 13.0 Å². The van der Waals surface area contributed by atoms with Crippen LogP contribution in [0.2, 0.25) is 0 Å². The van der Waals surface area contributed by atoms with Gasteiger partial charge in [-0.25, -0.2) is 0 Å². The highest BCUT2D eigenvalue weighted by Gasteiger charge is 2.23. The second-order valence-electron chi connectivity index (χ2n) is 4.48. The average Bonchev–Trinajstić information content (AvgIpc) is 2.29. The van der Waals surface area contributed by atoms with Crippen molar-refractivity contribution in [2.45, 2.75) is 30.7 Å². The summed E-state index contributed by atoms with van der Waals surface area (Å²) in [6.45, 7) is 2.96. The smallest absolute Gasteiger partial charge is 0.0507 e. The van der Waals surface area contributed by atoms with Crippen LogP contribution in [0, 0.1) is 6.92 Å². The number of hydrogen-bond donors (Lipinski definition) is 1. The largest absolute Gasteiger partial charge is 0.370 e. The summed E-state index contributed by atoms with van der Waals surface area (Å²) < 4.78 is 0. The topological polar surface area (TPSA) is 29.3 Å². The van der Waals surface area contributed by atoms with Crippen LogP contribution in [0.15, 0.2) is 23.1 Å². The lowest BCUT2D eigenvalue weighted by atomic mass is 10.1. The molecule has 1 aromatic carbocycles. The molecule has 0 radical (unpaired) electrons. The highest BCUT2D eigenvalue weighted by atomic mass is 32.2. The van der Waals surface area contributed by atoms with E-state index in [1.165, 1.54) is 28.3 Å². The van der Waals surface area contributed by atoms with Gasteiger partial charge in [0.2, 0.25) is 0 Å². The van der Waals surface area contributed by atoms with Gasteiger partial charge >= 0.3 is 0 Å². The predicted octanol–water partition coefficient (Wildman–Crippen LogP) is 2.64. The molecular weight excluding hydrogens is 216 g/mol. The van der Waals surface area contributed by atoms with Gasteiger partial charge in [0.25, 0.3) is 0 Å². The van der Waals surface area contributed by atoms with Gasteiger partial charge in [0.15, 0.2) is 0 Å². The molecule has 1 aromatic rings. The minimum atomic E-state index is 0.642. The molecule has 1 aliphatic rings. The number of nitrogens with two attached hydrogens (primary N) is 1. The Morgan fingerprint density at radius 1 is 1.50 bits per heavy atom.